The smallest absolute Gasteiger partial charge is 0.313 e. The van der Waals surface area contributed by atoms with Crippen LogP contribution >= 0.6 is 0 Å². The van der Waals surface area contributed by atoms with E-state index in [4.69, 9.17) is 0 Å². The topological polar surface area (TPSA) is 105 Å². The van der Waals surface area contributed by atoms with Gasteiger partial charge in [0, 0.05) is 24.8 Å². The first-order valence-electron chi connectivity index (χ1n) is 5.99. The largest absolute Gasteiger partial charge is 0.347 e. The van der Waals surface area contributed by atoms with Crippen molar-refractivity contribution in [3.05, 3.63) is 34.1 Å². The van der Waals surface area contributed by atoms with Gasteiger partial charge in [0.05, 0.1) is 4.92 Å². The Morgan fingerprint density at radius 3 is 2.57 bits per heavy atom. The number of hydrogen-bond acceptors (Lipinski definition) is 5. The molecule has 2 N–H and O–H groups in total. The quantitative estimate of drug-likeness (QED) is 0.463. The van der Waals surface area contributed by atoms with Crippen molar-refractivity contribution >= 4 is 23.2 Å². The molecule has 0 atom stereocenters. The standard InChI is InChI=1S/C12H15FN4O4/c1-16(2)6-5-14-11(18)12(19)15-8-3-4-9(13)10(7-8)17(20)21/h3-4,7H,5-6H2,1-2H3,(H,14,18)(H,15,19). The van der Waals surface area contributed by atoms with E-state index in [-0.39, 0.29) is 12.2 Å². The summed E-state index contributed by atoms with van der Waals surface area (Å²) in [6.07, 6.45) is 0. The molecule has 0 spiro atoms. The Kier molecular flexibility index (Phi) is 5.73. The molecular formula is C12H15FN4O4. The van der Waals surface area contributed by atoms with E-state index in [1.54, 1.807) is 0 Å². The highest BCUT2D eigenvalue weighted by atomic mass is 19.1. The Hall–Kier alpha value is -2.55. The molecule has 0 saturated carbocycles. The zero-order valence-electron chi connectivity index (χ0n) is 11.6. The number of hydrogen-bond donors (Lipinski definition) is 2. The van der Waals surface area contributed by atoms with Gasteiger partial charge in [-0.25, -0.2) is 0 Å². The highest BCUT2D eigenvalue weighted by Crippen LogP contribution is 2.21. The molecule has 8 nitrogen and oxygen atoms in total. The van der Waals surface area contributed by atoms with E-state index in [9.17, 15) is 24.1 Å². The molecule has 0 heterocycles. The molecule has 2 amide bonds. The van der Waals surface area contributed by atoms with Crippen molar-refractivity contribution in [1.82, 2.24) is 10.2 Å². The van der Waals surface area contributed by atoms with Crippen molar-refractivity contribution < 1.29 is 18.9 Å². The molecule has 9 heteroatoms. The maximum Gasteiger partial charge on any atom is 0.313 e. The number of nitro benzene ring substituents is 1. The molecule has 114 valence electrons. The summed E-state index contributed by atoms with van der Waals surface area (Å²) >= 11 is 0. The molecule has 0 bridgehead atoms. The number of carbonyl (C=O) groups is 2. The normalized spacial score (nSPS) is 10.3. The van der Waals surface area contributed by atoms with Gasteiger partial charge in [0.15, 0.2) is 0 Å². The predicted molar refractivity (Wildman–Crippen MR) is 73.2 cm³/mol. The lowest BCUT2D eigenvalue weighted by Gasteiger charge is -2.10. The van der Waals surface area contributed by atoms with Crippen LogP contribution in [0.5, 0.6) is 0 Å². The molecule has 0 saturated heterocycles. The molecule has 1 rings (SSSR count). The van der Waals surface area contributed by atoms with Gasteiger partial charge in [-0.05, 0) is 26.2 Å². The summed E-state index contributed by atoms with van der Waals surface area (Å²) in [5.41, 5.74) is -0.809. The molecular weight excluding hydrogens is 283 g/mol. The first kappa shape index (κ1) is 16.5. The average molecular weight is 298 g/mol. The summed E-state index contributed by atoms with van der Waals surface area (Å²) in [5.74, 6) is -2.87. The van der Waals surface area contributed by atoms with Crippen LogP contribution in [0.3, 0.4) is 0 Å². The number of carbonyl (C=O) groups excluding carboxylic acids is 2. The van der Waals surface area contributed by atoms with E-state index < -0.39 is 28.2 Å². The summed E-state index contributed by atoms with van der Waals surface area (Å²) in [4.78, 5) is 34.5. The second-order valence-corrected chi connectivity index (χ2v) is 4.44. The molecule has 21 heavy (non-hydrogen) atoms. The number of rotatable bonds is 5. The number of nitrogens with zero attached hydrogens (tertiary/aromatic N) is 2. The number of anilines is 1. The van der Waals surface area contributed by atoms with Gasteiger partial charge < -0.3 is 15.5 Å². The van der Waals surface area contributed by atoms with Crippen LogP contribution < -0.4 is 10.6 Å². The molecule has 0 unspecified atom stereocenters. The summed E-state index contributed by atoms with van der Waals surface area (Å²) in [7, 11) is 3.62. The van der Waals surface area contributed by atoms with Crippen LogP contribution in [0.1, 0.15) is 0 Å². The lowest BCUT2D eigenvalue weighted by molar-refractivity contribution is -0.387. The molecule has 0 aliphatic rings. The summed E-state index contributed by atoms with van der Waals surface area (Å²) in [5, 5.41) is 15.1. The monoisotopic (exact) mass is 298 g/mol. The van der Waals surface area contributed by atoms with E-state index in [1.807, 2.05) is 19.0 Å². The fourth-order valence-corrected chi connectivity index (χ4v) is 1.39. The molecule has 1 aromatic carbocycles. The van der Waals surface area contributed by atoms with E-state index in [2.05, 4.69) is 10.6 Å². The third kappa shape index (κ3) is 5.15. The molecule has 0 aliphatic heterocycles. The van der Waals surface area contributed by atoms with Gasteiger partial charge in [-0.1, -0.05) is 0 Å². The summed E-state index contributed by atoms with van der Waals surface area (Å²) < 4.78 is 13.1. The van der Waals surface area contributed by atoms with Gasteiger partial charge in [0.25, 0.3) is 0 Å². The molecule has 0 aliphatic carbocycles. The van der Waals surface area contributed by atoms with Gasteiger partial charge in [0.2, 0.25) is 5.82 Å². The van der Waals surface area contributed by atoms with E-state index in [0.717, 1.165) is 18.2 Å². The number of likely N-dealkylation sites (N-methyl/N-ethyl adjacent to an activating group) is 1. The third-order valence-corrected chi connectivity index (χ3v) is 2.45. The molecule has 0 radical (unpaired) electrons. The Morgan fingerprint density at radius 1 is 1.33 bits per heavy atom. The van der Waals surface area contributed by atoms with E-state index >= 15 is 0 Å². The Balaban J connectivity index is 2.64. The zero-order valence-corrected chi connectivity index (χ0v) is 11.6. The van der Waals surface area contributed by atoms with E-state index in [1.165, 1.54) is 0 Å². The molecule has 0 aromatic heterocycles. The van der Waals surface area contributed by atoms with Crippen LogP contribution in [0, 0.1) is 15.9 Å². The third-order valence-electron chi connectivity index (χ3n) is 2.45. The van der Waals surface area contributed by atoms with Gasteiger partial charge in [-0.3, -0.25) is 19.7 Å². The molecule has 1 aromatic rings. The second-order valence-electron chi connectivity index (χ2n) is 4.44. The van der Waals surface area contributed by atoms with Crippen LogP contribution in [0.25, 0.3) is 0 Å². The number of nitro groups is 1. The van der Waals surface area contributed by atoms with Crippen LogP contribution in [0.2, 0.25) is 0 Å². The first-order valence-corrected chi connectivity index (χ1v) is 5.99. The van der Waals surface area contributed by atoms with Crippen LogP contribution in [-0.4, -0.2) is 48.8 Å². The molecule has 0 fully saturated rings. The van der Waals surface area contributed by atoms with Crippen molar-refractivity contribution in [2.75, 3.05) is 32.5 Å². The SMILES string of the molecule is CN(C)CCNC(=O)C(=O)Nc1ccc(F)c([N+](=O)[O-])c1. The Labute approximate surface area is 120 Å². The lowest BCUT2D eigenvalue weighted by atomic mass is 10.2. The van der Waals surface area contributed by atoms with Gasteiger partial charge in [-0.15, -0.1) is 0 Å². The van der Waals surface area contributed by atoms with Crippen LogP contribution in [0.15, 0.2) is 18.2 Å². The number of amides is 2. The highest BCUT2D eigenvalue weighted by Gasteiger charge is 2.18. The van der Waals surface area contributed by atoms with Crippen LogP contribution in [0.4, 0.5) is 15.8 Å². The summed E-state index contributed by atoms with van der Waals surface area (Å²) in [6, 6.07) is 2.82. The van der Waals surface area contributed by atoms with E-state index in [0.29, 0.717) is 6.54 Å². The Morgan fingerprint density at radius 2 is 2.00 bits per heavy atom. The number of halogens is 1. The maximum atomic E-state index is 13.1. The summed E-state index contributed by atoms with van der Waals surface area (Å²) in [6.45, 7) is 0.837. The van der Waals surface area contributed by atoms with Crippen molar-refractivity contribution in [1.29, 1.82) is 0 Å². The lowest BCUT2D eigenvalue weighted by Crippen LogP contribution is -2.38. The maximum absolute atomic E-state index is 13.1. The minimum Gasteiger partial charge on any atom is -0.347 e. The zero-order chi connectivity index (χ0) is 16.0. The average Bonchev–Trinajstić information content (AvgIpc) is 2.40. The van der Waals surface area contributed by atoms with Crippen molar-refractivity contribution in [3.63, 3.8) is 0 Å². The van der Waals surface area contributed by atoms with Gasteiger partial charge in [-0.2, -0.15) is 4.39 Å². The minimum atomic E-state index is -1.02. The van der Waals surface area contributed by atoms with Crippen molar-refractivity contribution in [3.8, 4) is 0 Å². The number of nitrogens with one attached hydrogen (secondary N) is 2. The predicted octanol–water partition coefficient (Wildman–Crippen LogP) is 0.350. The van der Waals surface area contributed by atoms with Gasteiger partial charge in [0.1, 0.15) is 0 Å². The second kappa shape index (κ2) is 7.29. The fourth-order valence-electron chi connectivity index (χ4n) is 1.39. The van der Waals surface area contributed by atoms with Gasteiger partial charge >= 0.3 is 17.5 Å². The first-order chi connectivity index (χ1) is 9.81. The fraction of sp³-hybridized carbons (Fsp3) is 0.333. The highest BCUT2D eigenvalue weighted by molar-refractivity contribution is 6.39. The minimum absolute atomic E-state index is 0.0316. The van der Waals surface area contributed by atoms with Crippen molar-refractivity contribution in [2.45, 2.75) is 0 Å². The van der Waals surface area contributed by atoms with Crippen molar-refractivity contribution in [2.24, 2.45) is 0 Å². The van der Waals surface area contributed by atoms with Crippen LogP contribution in [-0.2, 0) is 9.59 Å². The number of benzene rings is 1. The Bertz CT molecular complexity index is 562.